The number of esters is 1. The second-order valence-corrected chi connectivity index (χ2v) is 22.6. The lowest BCUT2D eigenvalue weighted by molar-refractivity contribution is -0.146. The Morgan fingerprint density at radius 3 is 2.00 bits per heavy atom. The van der Waals surface area contributed by atoms with Gasteiger partial charge in [-0.2, -0.15) is 0 Å². The van der Waals surface area contributed by atoms with Crippen LogP contribution >= 0.6 is 0 Å². The molecule has 136 valence electrons. The van der Waals surface area contributed by atoms with Crippen molar-refractivity contribution < 1.29 is 22.8 Å². The van der Waals surface area contributed by atoms with E-state index in [0.717, 1.165) is 0 Å². The Labute approximate surface area is 144 Å². The topological polar surface area (TPSA) is 54.0 Å². The van der Waals surface area contributed by atoms with Crippen LogP contribution in [0.15, 0.2) is 0 Å². The molecule has 0 amide bonds. The molecule has 1 fully saturated rings. The maximum absolute atomic E-state index is 11.9. The molecule has 1 aliphatic heterocycles. The van der Waals surface area contributed by atoms with E-state index >= 15 is 0 Å². The average molecular weight is 379 g/mol. The Balaban J connectivity index is 2.90. The summed E-state index contributed by atoms with van der Waals surface area (Å²) in [6.45, 7) is 19.7. The van der Waals surface area contributed by atoms with Gasteiger partial charge in [-0.3, -0.25) is 4.79 Å². The predicted molar refractivity (Wildman–Crippen MR) is 100 cm³/mol. The van der Waals surface area contributed by atoms with Gasteiger partial charge in [0.2, 0.25) is 0 Å². The number of hydrogen-bond acceptors (Lipinski definition) is 5. The first-order valence-corrected chi connectivity index (χ1v) is 18.6. The van der Waals surface area contributed by atoms with Crippen molar-refractivity contribution in [3.63, 3.8) is 0 Å². The molecule has 1 rings (SSSR count). The number of carbonyl (C=O) groups excluding carboxylic acids is 1. The lowest BCUT2D eigenvalue weighted by Crippen LogP contribution is -2.49. The molecule has 5 nitrogen and oxygen atoms in total. The standard InChI is InChI=1S/C15H34O5Si3/c1-21(2,3)17-11-13(20-23(7,8)9)15-12(10-14(16)18-15)19-22(4,5)6/h12-13,15H,10-11H2,1-9H3. The third-order valence-corrected chi connectivity index (χ3v) is 6.11. The van der Waals surface area contributed by atoms with Crippen LogP contribution in [-0.2, 0) is 22.8 Å². The van der Waals surface area contributed by atoms with Crippen molar-refractivity contribution in [3.8, 4) is 0 Å². The summed E-state index contributed by atoms with van der Waals surface area (Å²) in [6, 6.07) is 0. The van der Waals surface area contributed by atoms with Gasteiger partial charge >= 0.3 is 5.97 Å². The Hall–Kier alpha value is 0.000649. The van der Waals surface area contributed by atoms with Gasteiger partial charge in [-0.15, -0.1) is 0 Å². The zero-order chi connectivity index (χ0) is 18.1. The summed E-state index contributed by atoms with van der Waals surface area (Å²) in [5.74, 6) is -0.199. The average Bonchev–Trinajstić information content (AvgIpc) is 2.60. The SMILES string of the molecule is C[Si](C)(C)OCC(O[Si](C)(C)C)C1OC(=O)CC1O[Si](C)(C)C. The van der Waals surface area contributed by atoms with Gasteiger partial charge < -0.3 is 18.0 Å². The van der Waals surface area contributed by atoms with E-state index in [2.05, 4.69) is 58.9 Å². The van der Waals surface area contributed by atoms with E-state index in [0.29, 0.717) is 13.0 Å². The lowest BCUT2D eigenvalue weighted by atomic mass is 10.1. The number of rotatable bonds is 8. The Bertz CT molecular complexity index is 409. The number of hydrogen-bond donors (Lipinski definition) is 0. The van der Waals surface area contributed by atoms with Crippen LogP contribution in [0.3, 0.4) is 0 Å². The first-order chi connectivity index (χ1) is 10.2. The van der Waals surface area contributed by atoms with Crippen molar-refractivity contribution >= 4 is 30.9 Å². The van der Waals surface area contributed by atoms with Crippen LogP contribution in [0.5, 0.6) is 0 Å². The fourth-order valence-corrected chi connectivity index (χ4v) is 5.32. The number of carbonyl (C=O) groups is 1. The Morgan fingerprint density at radius 1 is 1.00 bits per heavy atom. The van der Waals surface area contributed by atoms with E-state index in [1.54, 1.807) is 0 Å². The van der Waals surface area contributed by atoms with Crippen molar-refractivity contribution in [1.29, 1.82) is 0 Å². The quantitative estimate of drug-likeness (QED) is 0.477. The van der Waals surface area contributed by atoms with E-state index in [9.17, 15) is 4.79 Å². The highest BCUT2D eigenvalue weighted by molar-refractivity contribution is 6.70. The fraction of sp³-hybridized carbons (Fsp3) is 0.933. The van der Waals surface area contributed by atoms with Crippen molar-refractivity contribution in [2.75, 3.05) is 6.61 Å². The van der Waals surface area contributed by atoms with Crippen LogP contribution in [0, 0.1) is 0 Å². The third-order valence-electron chi connectivity index (χ3n) is 3.06. The molecule has 0 spiro atoms. The minimum absolute atomic E-state index is 0.199. The first kappa shape index (κ1) is 21.0. The van der Waals surface area contributed by atoms with E-state index < -0.39 is 25.0 Å². The Kier molecular flexibility index (Phi) is 6.85. The smallest absolute Gasteiger partial charge is 0.308 e. The van der Waals surface area contributed by atoms with Gasteiger partial charge in [0.15, 0.2) is 31.1 Å². The molecule has 8 heteroatoms. The van der Waals surface area contributed by atoms with Gasteiger partial charge in [0, 0.05) is 0 Å². The summed E-state index contributed by atoms with van der Waals surface area (Å²) in [7, 11) is -5.23. The Morgan fingerprint density at radius 2 is 1.57 bits per heavy atom. The van der Waals surface area contributed by atoms with Crippen LogP contribution in [-0.4, -0.2) is 55.8 Å². The van der Waals surface area contributed by atoms with Crippen LogP contribution in [0.25, 0.3) is 0 Å². The molecule has 0 aliphatic carbocycles. The van der Waals surface area contributed by atoms with Crippen LogP contribution in [0.4, 0.5) is 0 Å². The van der Waals surface area contributed by atoms with Gasteiger partial charge in [-0.1, -0.05) is 0 Å². The molecule has 0 N–H and O–H groups in total. The molecule has 0 bridgehead atoms. The molecule has 0 radical (unpaired) electrons. The van der Waals surface area contributed by atoms with Crippen molar-refractivity contribution in [3.05, 3.63) is 0 Å². The normalized spacial score (nSPS) is 24.7. The van der Waals surface area contributed by atoms with E-state index in [-0.39, 0.29) is 24.3 Å². The summed E-state index contributed by atoms with van der Waals surface area (Å²) in [4.78, 5) is 11.9. The highest BCUT2D eigenvalue weighted by Crippen LogP contribution is 2.28. The van der Waals surface area contributed by atoms with Gasteiger partial charge in [-0.25, -0.2) is 0 Å². The number of ether oxygens (including phenoxy) is 1. The van der Waals surface area contributed by atoms with Crippen LogP contribution in [0.1, 0.15) is 6.42 Å². The van der Waals surface area contributed by atoms with Crippen LogP contribution in [0.2, 0.25) is 58.9 Å². The first-order valence-electron chi connectivity index (χ1n) is 8.35. The van der Waals surface area contributed by atoms with E-state index in [1.165, 1.54) is 0 Å². The van der Waals surface area contributed by atoms with Crippen LogP contribution < -0.4 is 0 Å². The maximum Gasteiger partial charge on any atom is 0.308 e. The van der Waals surface area contributed by atoms with E-state index in [4.69, 9.17) is 18.0 Å². The summed E-state index contributed by atoms with van der Waals surface area (Å²) in [5, 5.41) is 0. The minimum atomic E-state index is -1.79. The van der Waals surface area contributed by atoms with Crippen molar-refractivity contribution in [2.24, 2.45) is 0 Å². The van der Waals surface area contributed by atoms with Gasteiger partial charge in [0.1, 0.15) is 6.10 Å². The summed E-state index contributed by atoms with van der Waals surface area (Å²) in [5.41, 5.74) is 0. The van der Waals surface area contributed by atoms with Crippen molar-refractivity contribution in [2.45, 2.75) is 83.7 Å². The minimum Gasteiger partial charge on any atom is -0.457 e. The molecule has 0 saturated carbocycles. The summed E-state index contributed by atoms with van der Waals surface area (Å²) >= 11 is 0. The maximum atomic E-state index is 11.9. The third kappa shape index (κ3) is 8.59. The molecular formula is C15H34O5Si3. The highest BCUT2D eigenvalue weighted by atomic mass is 28.4. The van der Waals surface area contributed by atoms with Gasteiger partial charge in [0.25, 0.3) is 0 Å². The molecule has 3 unspecified atom stereocenters. The molecule has 3 atom stereocenters. The molecule has 0 aromatic rings. The second kappa shape index (κ2) is 7.49. The molecule has 1 heterocycles. The molecule has 0 aromatic heterocycles. The monoisotopic (exact) mass is 378 g/mol. The molecule has 0 aromatic carbocycles. The molecule has 23 heavy (non-hydrogen) atoms. The summed E-state index contributed by atoms with van der Waals surface area (Å²) in [6.07, 6.45) is -0.521. The van der Waals surface area contributed by atoms with E-state index in [1.807, 2.05) is 0 Å². The largest absolute Gasteiger partial charge is 0.457 e. The zero-order valence-electron chi connectivity index (χ0n) is 16.2. The van der Waals surface area contributed by atoms with Crippen molar-refractivity contribution in [1.82, 2.24) is 0 Å². The molecular weight excluding hydrogens is 344 g/mol. The zero-order valence-corrected chi connectivity index (χ0v) is 19.2. The second-order valence-electron chi connectivity index (χ2n) is 9.12. The number of cyclic esters (lactones) is 1. The summed E-state index contributed by atoms with van der Waals surface area (Å²) < 4.78 is 24.1. The lowest BCUT2D eigenvalue weighted by Gasteiger charge is -2.35. The highest BCUT2D eigenvalue weighted by Gasteiger charge is 2.45. The predicted octanol–water partition coefficient (Wildman–Crippen LogP) is 3.59. The fourth-order valence-electron chi connectivity index (χ4n) is 2.42. The molecule has 1 aliphatic rings. The van der Waals surface area contributed by atoms with Gasteiger partial charge in [-0.05, 0) is 58.9 Å². The molecule has 1 saturated heterocycles. The van der Waals surface area contributed by atoms with Gasteiger partial charge in [0.05, 0.1) is 19.1 Å².